The lowest BCUT2D eigenvalue weighted by Crippen LogP contribution is -2.52. The fourth-order valence-electron chi connectivity index (χ4n) is 2.99. The Labute approximate surface area is 170 Å². The molecule has 0 fully saturated rings. The second-order valence-electron chi connectivity index (χ2n) is 6.94. The zero-order chi connectivity index (χ0) is 21.1. The summed E-state index contributed by atoms with van der Waals surface area (Å²) in [5.41, 5.74) is 1.97. The number of rotatable bonds is 16. The molecule has 0 rings (SSSR count). The van der Waals surface area contributed by atoms with E-state index in [0.29, 0.717) is 17.2 Å². The molecule has 0 aliphatic heterocycles. The van der Waals surface area contributed by atoms with Crippen LogP contribution in [0.3, 0.4) is 0 Å². The molecule has 4 atom stereocenters. The molecule has 0 amide bonds. The molecule has 4 unspecified atom stereocenters. The Morgan fingerprint density at radius 1 is 0.778 bits per heavy atom. The Balaban J connectivity index is 5.61. The van der Waals surface area contributed by atoms with E-state index in [-0.39, 0.29) is 11.3 Å². The minimum absolute atomic E-state index is 0.201. The van der Waals surface area contributed by atoms with Crippen molar-refractivity contribution in [1.29, 1.82) is 0 Å². The van der Waals surface area contributed by atoms with Crippen molar-refractivity contribution in [2.75, 3.05) is 35.0 Å². The highest BCUT2D eigenvalue weighted by atomic mass is 31.1. The van der Waals surface area contributed by atoms with Crippen LogP contribution >= 0.6 is 17.2 Å². The fraction of sp³-hybridized carbons (Fsp3) is 1.00. The van der Waals surface area contributed by atoms with E-state index in [1.165, 1.54) is 0 Å². The molecular weight excluding hydrogens is 384 g/mol. The van der Waals surface area contributed by atoms with E-state index in [2.05, 4.69) is 47.0 Å². The van der Waals surface area contributed by atoms with Crippen LogP contribution in [0.2, 0.25) is 0 Å². The zero-order valence-electron chi connectivity index (χ0n) is 19.0. The van der Waals surface area contributed by atoms with Gasteiger partial charge in [-0.1, -0.05) is 51.8 Å². The monoisotopic (exact) mass is 427 g/mol. The second-order valence-corrected chi connectivity index (χ2v) is 10.8. The topological polar surface area (TPSA) is 58.2 Å². The van der Waals surface area contributed by atoms with Crippen molar-refractivity contribution in [3.8, 4) is 0 Å². The van der Waals surface area contributed by atoms with E-state index in [1.54, 1.807) is 28.4 Å². The van der Waals surface area contributed by atoms with Crippen LogP contribution in [0.5, 0.6) is 0 Å². The molecule has 6 nitrogen and oxygen atoms in total. The van der Waals surface area contributed by atoms with Crippen LogP contribution in [0.4, 0.5) is 0 Å². The molecule has 0 aromatic carbocycles. The molecule has 8 heteroatoms. The van der Waals surface area contributed by atoms with Gasteiger partial charge in [-0.05, 0) is 13.3 Å². The van der Waals surface area contributed by atoms with Crippen LogP contribution in [0.1, 0.15) is 60.8 Å². The molecule has 1 N–H and O–H groups in total. The predicted octanol–water partition coefficient (Wildman–Crippen LogP) is 4.52. The quantitative estimate of drug-likeness (QED) is 0.169. The molecule has 0 aromatic heterocycles. The van der Waals surface area contributed by atoms with E-state index in [4.69, 9.17) is 23.8 Å². The summed E-state index contributed by atoms with van der Waals surface area (Å²) in [7, 11) is 7.70. The zero-order valence-corrected chi connectivity index (χ0v) is 21.0. The van der Waals surface area contributed by atoms with Crippen LogP contribution in [0.15, 0.2) is 0 Å². The average Bonchev–Trinajstić information content (AvgIpc) is 2.70. The Kier molecular flexibility index (Phi) is 13.3. The Morgan fingerprint density at radius 3 is 1.41 bits per heavy atom. The van der Waals surface area contributed by atoms with Gasteiger partial charge in [0.1, 0.15) is 0 Å². The lowest BCUT2D eigenvalue weighted by atomic mass is 9.99. The lowest BCUT2D eigenvalue weighted by molar-refractivity contribution is -0.145. The number of nitrogens with one attached hydrogen (secondary N) is 1. The highest BCUT2D eigenvalue weighted by Crippen LogP contribution is 2.51. The maximum Gasteiger partial charge on any atom is 0.183 e. The van der Waals surface area contributed by atoms with Gasteiger partial charge in [0.05, 0.1) is 5.60 Å². The van der Waals surface area contributed by atoms with E-state index in [0.717, 1.165) is 25.8 Å². The third-order valence-corrected chi connectivity index (χ3v) is 9.90. The van der Waals surface area contributed by atoms with Gasteiger partial charge in [0.25, 0.3) is 0 Å². The Hall–Kier alpha value is 0.620. The summed E-state index contributed by atoms with van der Waals surface area (Å²) in [6.45, 7) is 13.7. The first-order valence-electron chi connectivity index (χ1n) is 9.85. The van der Waals surface area contributed by atoms with Crippen molar-refractivity contribution < 1.29 is 23.8 Å². The first kappa shape index (κ1) is 27.6. The van der Waals surface area contributed by atoms with Crippen LogP contribution < -0.4 is 5.48 Å². The molecule has 27 heavy (non-hydrogen) atoms. The van der Waals surface area contributed by atoms with Crippen molar-refractivity contribution in [2.24, 2.45) is 0 Å². The van der Waals surface area contributed by atoms with E-state index in [1.807, 2.05) is 0 Å². The summed E-state index contributed by atoms with van der Waals surface area (Å²) in [5, 5.41) is 0. The van der Waals surface area contributed by atoms with Crippen molar-refractivity contribution in [3.05, 3.63) is 0 Å². The summed E-state index contributed by atoms with van der Waals surface area (Å²) in [6.07, 6.45) is 2.58. The number of hydroxylamine groups is 1. The minimum Gasteiger partial charge on any atom is -0.350 e. The molecule has 0 aromatic rings. The van der Waals surface area contributed by atoms with Gasteiger partial charge in [-0.15, -0.1) is 0 Å². The molecular formula is C19H43NO5P2. The summed E-state index contributed by atoms with van der Waals surface area (Å²) >= 11 is 0. The molecule has 0 saturated carbocycles. The van der Waals surface area contributed by atoms with Gasteiger partial charge in [-0.25, -0.2) is 5.48 Å². The maximum atomic E-state index is 6.29. The largest absolute Gasteiger partial charge is 0.350 e. The van der Waals surface area contributed by atoms with Gasteiger partial charge >= 0.3 is 0 Å². The lowest BCUT2D eigenvalue weighted by Gasteiger charge is -2.45. The van der Waals surface area contributed by atoms with Gasteiger partial charge in [0, 0.05) is 59.1 Å². The fourth-order valence-corrected chi connectivity index (χ4v) is 6.55. The molecule has 0 spiro atoms. The SMILES string of the molecule is CCCNOC(C)(C(C)PC(CC)(OC)OC)C(C)PC(CC)(OC)OC. The van der Waals surface area contributed by atoms with Gasteiger partial charge in [0.2, 0.25) is 0 Å². The van der Waals surface area contributed by atoms with Crippen LogP contribution in [0.25, 0.3) is 0 Å². The van der Waals surface area contributed by atoms with Crippen molar-refractivity contribution in [1.82, 2.24) is 5.48 Å². The predicted molar refractivity (Wildman–Crippen MR) is 117 cm³/mol. The van der Waals surface area contributed by atoms with Crippen LogP contribution in [-0.4, -0.2) is 63.0 Å². The normalized spacial score (nSPS) is 18.4. The molecule has 0 saturated heterocycles. The summed E-state index contributed by atoms with van der Waals surface area (Å²) in [5.74, 6) is 0. The third kappa shape index (κ3) is 7.42. The number of hydrogen-bond acceptors (Lipinski definition) is 6. The maximum absolute atomic E-state index is 6.29. The summed E-state index contributed by atoms with van der Waals surface area (Å²) < 4.78 is 23.0. The smallest absolute Gasteiger partial charge is 0.183 e. The first-order chi connectivity index (χ1) is 12.7. The Bertz CT molecular complexity index is 348. The molecule has 0 aliphatic rings. The van der Waals surface area contributed by atoms with Crippen molar-refractivity contribution >= 4 is 17.2 Å². The molecule has 0 bridgehead atoms. The molecule has 0 radical (unpaired) electrons. The summed E-state index contributed by atoms with van der Waals surface area (Å²) in [4.78, 5) is 6.29. The van der Waals surface area contributed by atoms with Crippen molar-refractivity contribution in [3.63, 3.8) is 0 Å². The van der Waals surface area contributed by atoms with Gasteiger partial charge in [-0.3, -0.25) is 4.84 Å². The minimum atomic E-state index is -0.581. The van der Waals surface area contributed by atoms with E-state index >= 15 is 0 Å². The molecule has 0 heterocycles. The van der Waals surface area contributed by atoms with E-state index in [9.17, 15) is 0 Å². The molecule has 0 aliphatic carbocycles. The van der Waals surface area contributed by atoms with Crippen LogP contribution in [0, 0.1) is 0 Å². The highest BCUT2D eigenvalue weighted by Gasteiger charge is 2.46. The van der Waals surface area contributed by atoms with E-state index < -0.39 is 16.7 Å². The number of ether oxygens (including phenoxy) is 4. The van der Waals surface area contributed by atoms with Crippen LogP contribution in [-0.2, 0) is 23.8 Å². The third-order valence-electron chi connectivity index (χ3n) is 5.49. The average molecular weight is 428 g/mol. The van der Waals surface area contributed by atoms with Gasteiger partial charge in [0.15, 0.2) is 11.1 Å². The Morgan fingerprint density at radius 2 is 1.15 bits per heavy atom. The molecule has 164 valence electrons. The van der Waals surface area contributed by atoms with Crippen molar-refractivity contribution in [2.45, 2.75) is 88.8 Å². The number of hydrogen-bond donors (Lipinski definition) is 1. The summed E-state index contributed by atoms with van der Waals surface area (Å²) in [6, 6.07) is 0. The highest BCUT2D eigenvalue weighted by molar-refractivity contribution is 7.41. The first-order valence-corrected chi connectivity index (χ1v) is 12.0. The standard InChI is InChI=1S/C19H43NO5P2/c1-11-14-20-25-17(6,15(4)26-18(12-2,21-7)22-8)16(5)27-19(13-3,23-9)24-10/h15-16,20,26-27H,11-14H2,1-10H3. The van der Waals surface area contributed by atoms with Gasteiger partial charge in [-0.2, -0.15) is 0 Å². The second kappa shape index (κ2) is 13.0. The number of methoxy groups -OCH3 is 4. The van der Waals surface area contributed by atoms with Gasteiger partial charge < -0.3 is 18.9 Å².